The SMILES string of the molecule is Nc1ccc(S(=O)Cc2ccccn2)cc1F. The number of rotatable bonds is 3. The maximum atomic E-state index is 13.2. The van der Waals surface area contributed by atoms with Crippen molar-refractivity contribution in [1.82, 2.24) is 4.98 Å². The van der Waals surface area contributed by atoms with Crippen molar-refractivity contribution in [2.45, 2.75) is 10.6 Å². The van der Waals surface area contributed by atoms with Crippen molar-refractivity contribution in [2.75, 3.05) is 5.73 Å². The summed E-state index contributed by atoms with van der Waals surface area (Å²) in [5.74, 6) is -0.277. The lowest BCUT2D eigenvalue weighted by molar-refractivity contribution is 0.627. The number of benzene rings is 1. The Morgan fingerprint density at radius 2 is 2.12 bits per heavy atom. The van der Waals surface area contributed by atoms with Crippen LogP contribution in [-0.2, 0) is 16.6 Å². The van der Waals surface area contributed by atoms with E-state index in [1.807, 2.05) is 6.07 Å². The lowest BCUT2D eigenvalue weighted by Gasteiger charge is -2.03. The fourth-order valence-corrected chi connectivity index (χ4v) is 2.41. The molecule has 0 bridgehead atoms. The number of halogens is 1. The number of anilines is 1. The highest BCUT2D eigenvalue weighted by Gasteiger charge is 2.08. The minimum atomic E-state index is -1.31. The highest BCUT2D eigenvalue weighted by Crippen LogP contribution is 2.16. The number of nitrogen functional groups attached to an aromatic ring is 1. The molecule has 0 radical (unpaired) electrons. The van der Waals surface area contributed by atoms with Gasteiger partial charge in [-0.1, -0.05) is 6.07 Å². The van der Waals surface area contributed by atoms with Crippen molar-refractivity contribution in [3.8, 4) is 0 Å². The van der Waals surface area contributed by atoms with E-state index in [9.17, 15) is 8.60 Å². The highest BCUT2D eigenvalue weighted by molar-refractivity contribution is 7.84. The first kappa shape index (κ1) is 11.7. The van der Waals surface area contributed by atoms with Crippen LogP contribution in [0.3, 0.4) is 0 Å². The molecule has 0 aliphatic carbocycles. The molecular weight excluding hydrogens is 239 g/mol. The minimum absolute atomic E-state index is 0.0589. The molecule has 1 aromatic heterocycles. The Bertz CT molecular complexity index is 545. The second-order valence-electron chi connectivity index (χ2n) is 3.49. The number of nitrogens with zero attached hydrogens (tertiary/aromatic N) is 1. The number of aromatic nitrogens is 1. The summed E-state index contributed by atoms with van der Waals surface area (Å²) < 4.78 is 25.1. The first-order chi connectivity index (χ1) is 8.16. The Morgan fingerprint density at radius 3 is 2.76 bits per heavy atom. The van der Waals surface area contributed by atoms with Gasteiger partial charge in [0.25, 0.3) is 0 Å². The molecule has 2 rings (SSSR count). The summed E-state index contributed by atoms with van der Waals surface area (Å²) in [5, 5.41) is 0. The van der Waals surface area contributed by atoms with E-state index in [1.54, 1.807) is 24.4 Å². The fraction of sp³-hybridized carbons (Fsp3) is 0.0833. The van der Waals surface area contributed by atoms with Gasteiger partial charge in [-0.3, -0.25) is 9.19 Å². The van der Waals surface area contributed by atoms with Gasteiger partial charge in [-0.2, -0.15) is 0 Å². The van der Waals surface area contributed by atoms with E-state index in [1.165, 1.54) is 12.1 Å². The van der Waals surface area contributed by atoms with Crippen LogP contribution in [0.15, 0.2) is 47.5 Å². The van der Waals surface area contributed by atoms with Gasteiger partial charge in [-0.05, 0) is 30.3 Å². The zero-order valence-corrected chi connectivity index (χ0v) is 9.78. The molecule has 1 unspecified atom stereocenters. The molecule has 17 heavy (non-hydrogen) atoms. The molecule has 1 aromatic carbocycles. The summed E-state index contributed by atoms with van der Waals surface area (Å²) in [5.41, 5.74) is 6.13. The molecule has 0 saturated heterocycles. The Balaban J connectivity index is 2.18. The van der Waals surface area contributed by atoms with Crippen LogP contribution in [0, 0.1) is 5.82 Å². The quantitative estimate of drug-likeness (QED) is 0.849. The van der Waals surface area contributed by atoms with Crippen molar-refractivity contribution < 1.29 is 8.60 Å². The summed E-state index contributed by atoms with van der Waals surface area (Å²) in [7, 11) is -1.31. The normalized spacial score (nSPS) is 12.3. The minimum Gasteiger partial charge on any atom is -0.396 e. The summed E-state index contributed by atoms with van der Waals surface area (Å²) in [6.45, 7) is 0. The second kappa shape index (κ2) is 5.05. The molecule has 3 nitrogen and oxygen atoms in total. The molecule has 0 saturated carbocycles. The standard InChI is InChI=1S/C12H11FN2OS/c13-11-7-10(4-5-12(11)14)17(16)8-9-3-1-2-6-15-9/h1-7H,8,14H2. The molecule has 1 heterocycles. The van der Waals surface area contributed by atoms with Crippen LogP contribution in [0.1, 0.15) is 5.69 Å². The second-order valence-corrected chi connectivity index (χ2v) is 4.95. The van der Waals surface area contributed by atoms with Gasteiger partial charge in [0.15, 0.2) is 0 Å². The lowest BCUT2D eigenvalue weighted by Crippen LogP contribution is -2.00. The molecule has 88 valence electrons. The van der Waals surface area contributed by atoms with Gasteiger partial charge in [0, 0.05) is 11.1 Å². The Labute approximate surface area is 101 Å². The molecule has 2 N–H and O–H groups in total. The third-order valence-electron chi connectivity index (χ3n) is 2.24. The van der Waals surface area contributed by atoms with Crippen molar-refractivity contribution in [2.24, 2.45) is 0 Å². The predicted molar refractivity (Wildman–Crippen MR) is 65.2 cm³/mol. The predicted octanol–water partition coefficient (Wildman–Crippen LogP) is 2.11. The molecule has 5 heteroatoms. The van der Waals surface area contributed by atoms with E-state index >= 15 is 0 Å². The first-order valence-electron chi connectivity index (χ1n) is 5.00. The first-order valence-corrected chi connectivity index (χ1v) is 6.32. The summed E-state index contributed by atoms with van der Waals surface area (Å²) in [6, 6.07) is 9.58. The highest BCUT2D eigenvalue weighted by atomic mass is 32.2. The van der Waals surface area contributed by atoms with Crippen LogP contribution in [0.25, 0.3) is 0 Å². The topological polar surface area (TPSA) is 56.0 Å². The van der Waals surface area contributed by atoms with Gasteiger partial charge in [0.2, 0.25) is 0 Å². The van der Waals surface area contributed by atoms with Crippen molar-refractivity contribution in [1.29, 1.82) is 0 Å². The lowest BCUT2D eigenvalue weighted by atomic mass is 10.3. The Morgan fingerprint density at radius 1 is 1.29 bits per heavy atom. The van der Waals surface area contributed by atoms with Crippen LogP contribution in [0.2, 0.25) is 0 Å². The largest absolute Gasteiger partial charge is 0.396 e. The average molecular weight is 250 g/mol. The van der Waals surface area contributed by atoms with Crippen LogP contribution < -0.4 is 5.73 Å². The van der Waals surface area contributed by atoms with Gasteiger partial charge >= 0.3 is 0 Å². The van der Waals surface area contributed by atoms with Crippen LogP contribution in [0.4, 0.5) is 10.1 Å². The Hall–Kier alpha value is -1.75. The molecule has 0 aliphatic heterocycles. The van der Waals surface area contributed by atoms with Gasteiger partial charge < -0.3 is 5.73 Å². The smallest absolute Gasteiger partial charge is 0.147 e. The molecule has 0 aliphatic rings. The third kappa shape index (κ3) is 2.88. The van der Waals surface area contributed by atoms with E-state index in [0.29, 0.717) is 10.6 Å². The van der Waals surface area contributed by atoms with E-state index < -0.39 is 16.6 Å². The number of nitrogens with two attached hydrogens (primary N) is 1. The fourth-order valence-electron chi connectivity index (χ4n) is 1.35. The van der Waals surface area contributed by atoms with E-state index in [-0.39, 0.29) is 11.4 Å². The zero-order chi connectivity index (χ0) is 12.3. The van der Waals surface area contributed by atoms with Crippen molar-refractivity contribution >= 4 is 16.5 Å². The van der Waals surface area contributed by atoms with Gasteiger partial charge in [-0.15, -0.1) is 0 Å². The van der Waals surface area contributed by atoms with Crippen molar-refractivity contribution in [3.05, 3.63) is 54.1 Å². The van der Waals surface area contributed by atoms with E-state index in [4.69, 9.17) is 5.73 Å². The summed E-state index contributed by atoms with van der Waals surface area (Å²) in [4.78, 5) is 4.49. The molecule has 2 aromatic rings. The van der Waals surface area contributed by atoms with Crippen LogP contribution >= 0.6 is 0 Å². The molecule has 0 fully saturated rings. The van der Waals surface area contributed by atoms with Gasteiger partial charge in [-0.25, -0.2) is 4.39 Å². The summed E-state index contributed by atoms with van der Waals surface area (Å²) >= 11 is 0. The molecule has 1 atom stereocenters. The number of pyridine rings is 1. The molecule has 0 spiro atoms. The average Bonchev–Trinajstić information content (AvgIpc) is 2.34. The van der Waals surface area contributed by atoms with E-state index in [2.05, 4.69) is 4.98 Å². The zero-order valence-electron chi connectivity index (χ0n) is 8.97. The van der Waals surface area contributed by atoms with Crippen LogP contribution in [-0.4, -0.2) is 9.19 Å². The maximum absolute atomic E-state index is 13.2. The van der Waals surface area contributed by atoms with Crippen molar-refractivity contribution in [3.63, 3.8) is 0 Å². The Kier molecular flexibility index (Phi) is 3.49. The van der Waals surface area contributed by atoms with Gasteiger partial charge in [0.05, 0.1) is 27.9 Å². The third-order valence-corrected chi connectivity index (χ3v) is 3.58. The number of hydrogen-bond donors (Lipinski definition) is 1. The monoisotopic (exact) mass is 250 g/mol. The molecule has 0 amide bonds. The van der Waals surface area contributed by atoms with Crippen LogP contribution in [0.5, 0.6) is 0 Å². The molecular formula is C12H11FN2OS. The van der Waals surface area contributed by atoms with E-state index in [0.717, 1.165) is 0 Å². The number of hydrogen-bond acceptors (Lipinski definition) is 3. The summed E-state index contributed by atoms with van der Waals surface area (Å²) in [6.07, 6.45) is 1.64. The maximum Gasteiger partial charge on any atom is 0.147 e. The van der Waals surface area contributed by atoms with Gasteiger partial charge in [0.1, 0.15) is 5.82 Å².